The number of allylic oxidation sites excluding steroid dienone is 8. The standard InChI is InChI=1S/C36H28F4N2O2S/c1-21-25(11-5-13-41-21)29-9-3-7-27(29)23-15-33(37)31(34(38)16-23)19-45(43,44)20-32-35(39)17-24(18-36(32)40)28-8-4-10-30(28)26-12-6-14-42-22(26)2/h5-18H,3-4,19-20H2,1-2H3. The van der Waals surface area contributed by atoms with E-state index in [1.807, 2.05) is 50.3 Å². The van der Waals surface area contributed by atoms with E-state index in [-0.39, 0.29) is 11.1 Å². The van der Waals surface area contributed by atoms with Crippen molar-refractivity contribution in [2.75, 3.05) is 0 Å². The Morgan fingerprint density at radius 2 is 0.956 bits per heavy atom. The molecule has 2 aromatic heterocycles. The zero-order valence-electron chi connectivity index (χ0n) is 24.5. The fourth-order valence-electron chi connectivity index (χ4n) is 5.91. The highest BCUT2D eigenvalue weighted by atomic mass is 32.2. The van der Waals surface area contributed by atoms with Crippen LogP contribution in [0.3, 0.4) is 0 Å². The Bertz CT molecular complexity index is 1910. The molecular weight excluding hydrogens is 600 g/mol. The van der Waals surface area contributed by atoms with Gasteiger partial charge in [0.1, 0.15) is 23.3 Å². The van der Waals surface area contributed by atoms with Crippen molar-refractivity contribution < 1.29 is 26.0 Å². The van der Waals surface area contributed by atoms with E-state index in [2.05, 4.69) is 9.97 Å². The minimum atomic E-state index is -4.39. The number of sulfone groups is 1. The second-order valence-corrected chi connectivity index (χ2v) is 13.1. The monoisotopic (exact) mass is 628 g/mol. The van der Waals surface area contributed by atoms with Gasteiger partial charge in [-0.05, 0) is 96.5 Å². The van der Waals surface area contributed by atoms with E-state index < -0.39 is 55.7 Å². The van der Waals surface area contributed by atoms with E-state index in [4.69, 9.17) is 0 Å². The minimum absolute atomic E-state index is 0.252. The molecule has 6 rings (SSSR count). The van der Waals surface area contributed by atoms with E-state index >= 15 is 17.6 Å². The average Bonchev–Trinajstić information content (AvgIpc) is 3.68. The van der Waals surface area contributed by atoms with Gasteiger partial charge in [0.15, 0.2) is 9.84 Å². The van der Waals surface area contributed by atoms with Crippen LogP contribution in [-0.4, -0.2) is 18.4 Å². The van der Waals surface area contributed by atoms with Gasteiger partial charge >= 0.3 is 0 Å². The highest BCUT2D eigenvalue weighted by molar-refractivity contribution is 7.89. The molecule has 2 heterocycles. The fourth-order valence-corrected chi connectivity index (χ4v) is 7.44. The molecule has 0 N–H and O–H groups in total. The SMILES string of the molecule is Cc1ncccc1C1=CCC=C1c1cc(F)c(CS(=O)(=O)Cc2c(F)cc(C3=CCC=C3c3cccnc3C)cc2F)c(F)c1. The van der Waals surface area contributed by atoms with Crippen molar-refractivity contribution in [2.45, 2.75) is 38.2 Å². The zero-order chi connectivity index (χ0) is 31.9. The number of nitrogens with zero attached hydrogens (tertiary/aromatic N) is 2. The van der Waals surface area contributed by atoms with Crippen molar-refractivity contribution in [1.29, 1.82) is 0 Å². The third kappa shape index (κ3) is 6.04. The third-order valence-corrected chi connectivity index (χ3v) is 9.55. The molecule has 0 saturated heterocycles. The molecule has 0 saturated carbocycles. The van der Waals surface area contributed by atoms with Gasteiger partial charge in [-0.15, -0.1) is 0 Å². The lowest BCUT2D eigenvalue weighted by atomic mass is 9.93. The normalized spacial score (nSPS) is 14.7. The van der Waals surface area contributed by atoms with Crippen LogP contribution in [0.5, 0.6) is 0 Å². The molecule has 45 heavy (non-hydrogen) atoms. The first-order chi connectivity index (χ1) is 21.5. The quantitative estimate of drug-likeness (QED) is 0.184. The van der Waals surface area contributed by atoms with Gasteiger partial charge in [0.05, 0.1) is 11.5 Å². The van der Waals surface area contributed by atoms with Gasteiger partial charge in [-0.2, -0.15) is 0 Å². The number of rotatable bonds is 8. The predicted molar refractivity (Wildman–Crippen MR) is 168 cm³/mol. The first-order valence-corrected chi connectivity index (χ1v) is 16.2. The average molecular weight is 629 g/mol. The van der Waals surface area contributed by atoms with Crippen LogP contribution in [-0.2, 0) is 21.3 Å². The highest BCUT2D eigenvalue weighted by Gasteiger charge is 2.26. The van der Waals surface area contributed by atoms with Crippen LogP contribution in [0.25, 0.3) is 22.3 Å². The summed E-state index contributed by atoms with van der Waals surface area (Å²) in [5.41, 5.74) is 5.07. The minimum Gasteiger partial charge on any atom is -0.261 e. The molecule has 4 nitrogen and oxygen atoms in total. The smallest absolute Gasteiger partial charge is 0.159 e. The Morgan fingerprint density at radius 3 is 1.31 bits per heavy atom. The van der Waals surface area contributed by atoms with Crippen molar-refractivity contribution in [1.82, 2.24) is 9.97 Å². The summed E-state index contributed by atoms with van der Waals surface area (Å²) in [6.45, 7) is 3.67. The predicted octanol–water partition coefficient (Wildman–Crippen LogP) is 8.51. The van der Waals surface area contributed by atoms with E-state index in [0.29, 0.717) is 24.0 Å². The third-order valence-electron chi connectivity index (χ3n) is 8.10. The molecule has 2 aliphatic rings. The van der Waals surface area contributed by atoms with Gasteiger partial charge in [0.2, 0.25) is 0 Å². The maximum Gasteiger partial charge on any atom is 0.159 e. The molecule has 0 radical (unpaired) electrons. The van der Waals surface area contributed by atoms with Crippen molar-refractivity contribution in [3.05, 3.63) is 153 Å². The lowest BCUT2D eigenvalue weighted by molar-refractivity contribution is 0.547. The number of hydrogen-bond donors (Lipinski definition) is 0. The summed E-state index contributed by atoms with van der Waals surface area (Å²) in [5, 5.41) is 0. The summed E-state index contributed by atoms with van der Waals surface area (Å²) in [4.78, 5) is 8.58. The van der Waals surface area contributed by atoms with Crippen LogP contribution < -0.4 is 0 Å². The number of halogens is 4. The van der Waals surface area contributed by atoms with Gasteiger partial charge < -0.3 is 0 Å². The maximum absolute atomic E-state index is 15.3. The maximum atomic E-state index is 15.3. The Balaban J connectivity index is 1.23. The number of hydrogen-bond acceptors (Lipinski definition) is 4. The van der Waals surface area contributed by atoms with Crippen molar-refractivity contribution in [3.8, 4) is 0 Å². The second kappa shape index (κ2) is 12.0. The fraction of sp³-hybridized carbons (Fsp3) is 0.167. The Hall–Kier alpha value is -4.63. The van der Waals surface area contributed by atoms with Gasteiger partial charge in [-0.25, -0.2) is 26.0 Å². The van der Waals surface area contributed by atoms with Crippen LogP contribution in [0.4, 0.5) is 17.6 Å². The Kier molecular flexibility index (Phi) is 8.14. The molecule has 2 aromatic carbocycles. The van der Waals surface area contributed by atoms with Crippen LogP contribution >= 0.6 is 0 Å². The van der Waals surface area contributed by atoms with E-state index in [1.165, 1.54) is 0 Å². The van der Waals surface area contributed by atoms with Crippen molar-refractivity contribution >= 4 is 32.1 Å². The first kappa shape index (κ1) is 30.4. The Labute approximate surface area is 259 Å². The van der Waals surface area contributed by atoms with Gasteiger partial charge in [0, 0.05) is 46.0 Å². The lowest BCUT2D eigenvalue weighted by Gasteiger charge is -2.15. The molecule has 0 unspecified atom stereocenters. The van der Waals surface area contributed by atoms with Crippen LogP contribution in [0.2, 0.25) is 0 Å². The summed E-state index contributed by atoms with van der Waals surface area (Å²) in [7, 11) is -4.39. The lowest BCUT2D eigenvalue weighted by Crippen LogP contribution is -2.13. The van der Waals surface area contributed by atoms with E-state index in [1.54, 1.807) is 24.5 Å². The van der Waals surface area contributed by atoms with Crippen molar-refractivity contribution in [2.24, 2.45) is 0 Å². The summed E-state index contributed by atoms with van der Waals surface area (Å²) in [6.07, 6.45) is 12.0. The van der Waals surface area contributed by atoms with Crippen LogP contribution in [0.1, 0.15) is 57.6 Å². The molecule has 0 bridgehead atoms. The van der Waals surface area contributed by atoms with E-state index in [9.17, 15) is 8.42 Å². The molecular formula is C36H28F4N2O2S. The molecule has 0 aliphatic heterocycles. The van der Waals surface area contributed by atoms with Gasteiger partial charge in [-0.3, -0.25) is 9.97 Å². The van der Waals surface area contributed by atoms with Crippen LogP contribution in [0.15, 0.2) is 85.2 Å². The number of pyridine rings is 2. The highest BCUT2D eigenvalue weighted by Crippen LogP contribution is 2.40. The summed E-state index contributed by atoms with van der Waals surface area (Å²) >= 11 is 0. The molecule has 9 heteroatoms. The number of aryl methyl sites for hydroxylation is 2. The molecule has 2 aliphatic carbocycles. The van der Waals surface area contributed by atoms with Crippen LogP contribution in [0, 0.1) is 37.1 Å². The molecule has 0 atom stereocenters. The molecule has 228 valence electrons. The number of benzene rings is 2. The topological polar surface area (TPSA) is 59.9 Å². The second-order valence-electron chi connectivity index (χ2n) is 11.1. The Morgan fingerprint density at radius 1 is 0.600 bits per heavy atom. The molecule has 4 aromatic rings. The molecule has 0 amide bonds. The molecule has 0 fully saturated rings. The molecule has 0 spiro atoms. The van der Waals surface area contributed by atoms with Gasteiger partial charge in [0.25, 0.3) is 0 Å². The first-order valence-electron chi connectivity index (χ1n) is 14.3. The van der Waals surface area contributed by atoms with Crippen molar-refractivity contribution in [3.63, 3.8) is 0 Å². The summed E-state index contributed by atoms with van der Waals surface area (Å²) in [6, 6.07) is 11.6. The van der Waals surface area contributed by atoms with Gasteiger partial charge in [-0.1, -0.05) is 36.4 Å². The largest absolute Gasteiger partial charge is 0.261 e. The van der Waals surface area contributed by atoms with E-state index in [0.717, 1.165) is 57.9 Å². The zero-order valence-corrected chi connectivity index (χ0v) is 25.4. The summed E-state index contributed by atoms with van der Waals surface area (Å²) < 4.78 is 87.4. The number of aromatic nitrogens is 2. The summed E-state index contributed by atoms with van der Waals surface area (Å²) in [5.74, 6) is -6.35.